The largest absolute Gasteiger partial charge is 0.396 e. The Morgan fingerprint density at radius 3 is 2.43 bits per heavy atom. The Morgan fingerprint density at radius 2 is 1.74 bits per heavy atom. The summed E-state index contributed by atoms with van der Waals surface area (Å²) >= 11 is 0. The lowest BCUT2D eigenvalue weighted by Gasteiger charge is -2.06. The van der Waals surface area contributed by atoms with Gasteiger partial charge in [-0.25, -0.2) is 9.07 Å². The minimum absolute atomic E-state index is 0.162. The topological polar surface area (TPSA) is 50.1 Å². The van der Waals surface area contributed by atoms with Crippen molar-refractivity contribution in [1.82, 2.24) is 9.78 Å². The first-order chi connectivity index (χ1) is 11.2. The van der Waals surface area contributed by atoms with Crippen LogP contribution in [0.1, 0.15) is 11.1 Å². The van der Waals surface area contributed by atoms with Gasteiger partial charge < -0.3 is 10.4 Å². The Hall–Kier alpha value is -2.66. The van der Waals surface area contributed by atoms with Crippen molar-refractivity contribution in [2.24, 2.45) is 0 Å². The van der Waals surface area contributed by atoms with Crippen molar-refractivity contribution in [3.63, 3.8) is 0 Å². The molecule has 0 unspecified atom stereocenters. The average Bonchev–Trinajstić information content (AvgIpc) is 3.04. The van der Waals surface area contributed by atoms with E-state index in [-0.39, 0.29) is 12.4 Å². The summed E-state index contributed by atoms with van der Waals surface area (Å²) in [4.78, 5) is 0. The molecule has 1 aromatic heterocycles. The molecule has 0 radical (unpaired) electrons. The number of rotatable bonds is 6. The summed E-state index contributed by atoms with van der Waals surface area (Å²) in [6.45, 7) is 0.815. The summed E-state index contributed by atoms with van der Waals surface area (Å²) in [5, 5.41) is 16.5. The maximum Gasteiger partial charge on any atom is 0.123 e. The summed E-state index contributed by atoms with van der Waals surface area (Å²) in [6, 6.07) is 14.2. The number of hydrogen-bond donors (Lipinski definition) is 2. The molecule has 0 fully saturated rings. The highest BCUT2D eigenvalue weighted by Gasteiger charge is 2.02. The molecule has 23 heavy (non-hydrogen) atoms. The van der Waals surface area contributed by atoms with E-state index in [1.807, 2.05) is 30.5 Å². The van der Waals surface area contributed by atoms with Gasteiger partial charge in [-0.3, -0.25) is 0 Å². The van der Waals surface area contributed by atoms with E-state index in [1.54, 1.807) is 23.0 Å². The van der Waals surface area contributed by atoms with Crippen LogP contribution >= 0.6 is 0 Å². The number of anilines is 1. The Kier molecular flexibility index (Phi) is 4.68. The van der Waals surface area contributed by atoms with Crippen LogP contribution in [0.25, 0.3) is 5.69 Å². The second-order valence-electron chi connectivity index (χ2n) is 5.29. The fraction of sp³-hybridized carbons (Fsp3) is 0.167. The van der Waals surface area contributed by atoms with Gasteiger partial charge in [0.15, 0.2) is 0 Å². The maximum atomic E-state index is 12.9. The lowest BCUT2D eigenvalue weighted by atomic mass is 10.1. The number of nitrogens with one attached hydrogen (secondary N) is 1. The van der Waals surface area contributed by atoms with E-state index in [1.165, 1.54) is 12.1 Å². The van der Waals surface area contributed by atoms with E-state index < -0.39 is 0 Å². The Labute approximate surface area is 134 Å². The zero-order valence-electron chi connectivity index (χ0n) is 12.6. The SMILES string of the molecule is OCCc1ccc(NCc2cnn(-c3ccc(F)cc3)c2)cc1. The predicted molar refractivity (Wildman–Crippen MR) is 88.1 cm³/mol. The van der Waals surface area contributed by atoms with Crippen LogP contribution < -0.4 is 5.32 Å². The summed E-state index contributed by atoms with van der Waals surface area (Å²) in [7, 11) is 0. The summed E-state index contributed by atoms with van der Waals surface area (Å²) in [6.07, 6.45) is 4.38. The molecule has 0 bridgehead atoms. The highest BCUT2D eigenvalue weighted by molar-refractivity contribution is 5.45. The summed E-state index contributed by atoms with van der Waals surface area (Å²) in [5.41, 5.74) is 3.99. The maximum absolute atomic E-state index is 12.9. The van der Waals surface area contributed by atoms with Crippen LogP contribution in [0.2, 0.25) is 0 Å². The molecule has 0 aliphatic carbocycles. The van der Waals surface area contributed by atoms with E-state index in [0.717, 1.165) is 22.5 Å². The third-order valence-corrected chi connectivity index (χ3v) is 3.58. The zero-order chi connectivity index (χ0) is 16.1. The first kappa shape index (κ1) is 15.2. The van der Waals surface area contributed by atoms with Crippen molar-refractivity contribution < 1.29 is 9.50 Å². The van der Waals surface area contributed by atoms with Gasteiger partial charge in [-0.2, -0.15) is 5.10 Å². The molecule has 0 aliphatic rings. The molecular formula is C18H18FN3O. The van der Waals surface area contributed by atoms with Crippen LogP contribution in [0.4, 0.5) is 10.1 Å². The van der Waals surface area contributed by atoms with Crippen LogP contribution in [0.15, 0.2) is 60.9 Å². The highest BCUT2D eigenvalue weighted by Crippen LogP contribution is 2.13. The first-order valence-electron chi connectivity index (χ1n) is 7.48. The monoisotopic (exact) mass is 311 g/mol. The van der Waals surface area contributed by atoms with E-state index >= 15 is 0 Å². The Morgan fingerprint density at radius 1 is 1.00 bits per heavy atom. The molecule has 5 heteroatoms. The summed E-state index contributed by atoms with van der Waals surface area (Å²) in [5.74, 6) is -0.257. The minimum atomic E-state index is -0.257. The van der Waals surface area contributed by atoms with Gasteiger partial charge in [-0.05, 0) is 48.4 Å². The molecule has 3 aromatic rings. The molecule has 2 N–H and O–H groups in total. The second kappa shape index (κ2) is 7.07. The Balaban J connectivity index is 1.61. The minimum Gasteiger partial charge on any atom is -0.396 e. The zero-order valence-corrected chi connectivity index (χ0v) is 12.6. The number of aliphatic hydroxyl groups is 1. The van der Waals surface area contributed by atoms with Crippen molar-refractivity contribution in [2.45, 2.75) is 13.0 Å². The molecule has 0 saturated heterocycles. The number of aliphatic hydroxyl groups excluding tert-OH is 1. The molecular weight excluding hydrogens is 293 g/mol. The smallest absolute Gasteiger partial charge is 0.123 e. The number of hydrogen-bond acceptors (Lipinski definition) is 3. The second-order valence-corrected chi connectivity index (χ2v) is 5.29. The van der Waals surface area contributed by atoms with Gasteiger partial charge in [0.1, 0.15) is 5.82 Å². The molecule has 0 spiro atoms. The fourth-order valence-electron chi connectivity index (χ4n) is 2.31. The van der Waals surface area contributed by atoms with Gasteiger partial charge in [0.05, 0.1) is 11.9 Å². The molecule has 1 heterocycles. The highest BCUT2D eigenvalue weighted by atomic mass is 19.1. The molecule has 3 rings (SSSR count). The van der Waals surface area contributed by atoms with Crippen LogP contribution in [-0.2, 0) is 13.0 Å². The van der Waals surface area contributed by atoms with Crippen molar-refractivity contribution >= 4 is 5.69 Å². The van der Waals surface area contributed by atoms with Crippen LogP contribution in [0.5, 0.6) is 0 Å². The third-order valence-electron chi connectivity index (χ3n) is 3.58. The normalized spacial score (nSPS) is 10.7. The standard InChI is InChI=1S/C18H18FN3O/c19-16-3-7-18(8-4-16)22-13-15(12-21-22)11-20-17-5-1-14(2-6-17)9-10-23/h1-8,12-13,20,23H,9-11H2. The van der Waals surface area contributed by atoms with Crippen molar-refractivity contribution in [3.05, 3.63) is 77.9 Å². The van der Waals surface area contributed by atoms with Gasteiger partial charge >= 0.3 is 0 Å². The van der Waals surface area contributed by atoms with Crippen molar-refractivity contribution in [3.8, 4) is 5.69 Å². The van der Waals surface area contributed by atoms with Gasteiger partial charge in [-0.15, -0.1) is 0 Å². The number of nitrogens with zero attached hydrogens (tertiary/aromatic N) is 2. The predicted octanol–water partition coefficient (Wildman–Crippen LogP) is 3.16. The molecule has 4 nitrogen and oxygen atoms in total. The molecule has 0 amide bonds. The quantitative estimate of drug-likeness (QED) is 0.735. The number of benzene rings is 2. The first-order valence-corrected chi connectivity index (χ1v) is 7.48. The third kappa shape index (κ3) is 3.96. The molecule has 118 valence electrons. The van der Waals surface area contributed by atoms with Crippen molar-refractivity contribution in [1.29, 1.82) is 0 Å². The van der Waals surface area contributed by atoms with Gasteiger partial charge in [0, 0.05) is 30.6 Å². The van der Waals surface area contributed by atoms with Gasteiger partial charge in [0.2, 0.25) is 0 Å². The van der Waals surface area contributed by atoms with Gasteiger partial charge in [-0.1, -0.05) is 12.1 Å². The molecule has 0 atom stereocenters. The van der Waals surface area contributed by atoms with Crippen LogP contribution in [0, 0.1) is 5.82 Å². The fourth-order valence-corrected chi connectivity index (χ4v) is 2.31. The summed E-state index contributed by atoms with van der Waals surface area (Å²) < 4.78 is 14.7. The van der Waals surface area contributed by atoms with Crippen LogP contribution in [-0.4, -0.2) is 21.5 Å². The Bertz CT molecular complexity index is 751. The molecule has 0 saturated carbocycles. The number of aromatic nitrogens is 2. The van der Waals surface area contributed by atoms with Crippen LogP contribution in [0.3, 0.4) is 0 Å². The lowest BCUT2D eigenvalue weighted by molar-refractivity contribution is 0.299. The number of halogens is 1. The van der Waals surface area contributed by atoms with Gasteiger partial charge in [0.25, 0.3) is 0 Å². The lowest BCUT2D eigenvalue weighted by Crippen LogP contribution is -1.99. The van der Waals surface area contributed by atoms with E-state index in [2.05, 4.69) is 10.4 Å². The molecule has 2 aromatic carbocycles. The molecule has 0 aliphatic heterocycles. The van der Waals surface area contributed by atoms with E-state index in [9.17, 15) is 4.39 Å². The average molecular weight is 311 g/mol. The van der Waals surface area contributed by atoms with Crippen molar-refractivity contribution in [2.75, 3.05) is 11.9 Å². The van der Waals surface area contributed by atoms with E-state index in [0.29, 0.717) is 13.0 Å². The van der Waals surface area contributed by atoms with E-state index in [4.69, 9.17) is 5.11 Å².